The molecular weight excluding hydrogens is 277 g/mol. The van der Waals surface area contributed by atoms with Gasteiger partial charge in [0, 0.05) is 16.7 Å². The van der Waals surface area contributed by atoms with Crippen LogP contribution in [0.1, 0.15) is 20.3 Å². The summed E-state index contributed by atoms with van der Waals surface area (Å²) in [5.41, 5.74) is 0. The summed E-state index contributed by atoms with van der Waals surface area (Å²) in [5.74, 6) is 0.637. The minimum atomic E-state index is -1.000. The second-order valence-corrected chi connectivity index (χ2v) is 6.47. The molecule has 0 aliphatic carbocycles. The first kappa shape index (κ1) is 15.0. The van der Waals surface area contributed by atoms with Crippen molar-refractivity contribution in [2.24, 2.45) is 0 Å². The predicted molar refractivity (Wildman–Crippen MR) is 75.5 cm³/mol. The quantitative estimate of drug-likeness (QED) is 0.814. The van der Waals surface area contributed by atoms with Crippen LogP contribution in [0.3, 0.4) is 0 Å². The van der Waals surface area contributed by atoms with Crippen LogP contribution in [-0.2, 0) is 10.8 Å². The summed E-state index contributed by atoms with van der Waals surface area (Å²) in [7, 11) is -1.000. The van der Waals surface area contributed by atoms with Crippen LogP contribution < -0.4 is 5.32 Å². The van der Waals surface area contributed by atoms with E-state index in [4.69, 9.17) is 23.2 Å². The van der Waals surface area contributed by atoms with Crippen LogP contribution in [0.15, 0.2) is 23.1 Å². The molecule has 0 aromatic heterocycles. The SMILES string of the molecule is CC(C)NCCCS(=O)c1ccc(Cl)c(Cl)c1. The first-order valence-electron chi connectivity index (χ1n) is 5.57. The van der Waals surface area contributed by atoms with Gasteiger partial charge in [-0.1, -0.05) is 37.0 Å². The third kappa shape index (κ3) is 5.38. The lowest BCUT2D eigenvalue weighted by atomic mass is 10.4. The van der Waals surface area contributed by atoms with Gasteiger partial charge in [0.1, 0.15) is 0 Å². The molecule has 0 bridgehead atoms. The number of rotatable bonds is 6. The number of hydrogen-bond donors (Lipinski definition) is 1. The molecule has 0 spiro atoms. The van der Waals surface area contributed by atoms with Gasteiger partial charge in [0.2, 0.25) is 0 Å². The summed E-state index contributed by atoms with van der Waals surface area (Å²) in [4.78, 5) is 0.740. The van der Waals surface area contributed by atoms with Crippen LogP contribution in [0.5, 0.6) is 0 Å². The van der Waals surface area contributed by atoms with Gasteiger partial charge in [0.05, 0.1) is 20.8 Å². The smallest absolute Gasteiger partial charge is 0.0604 e. The van der Waals surface area contributed by atoms with E-state index in [1.54, 1.807) is 18.2 Å². The van der Waals surface area contributed by atoms with Gasteiger partial charge in [-0.2, -0.15) is 0 Å². The minimum absolute atomic E-state index is 0.456. The molecule has 0 fully saturated rings. The Hall–Kier alpha value is -0.0900. The fourth-order valence-electron chi connectivity index (χ4n) is 1.33. The van der Waals surface area contributed by atoms with E-state index in [0.29, 0.717) is 21.8 Å². The molecular formula is C12H17Cl2NOS. The van der Waals surface area contributed by atoms with Crippen molar-refractivity contribution < 1.29 is 4.21 Å². The highest BCUT2D eigenvalue weighted by atomic mass is 35.5. The van der Waals surface area contributed by atoms with Crippen LogP contribution >= 0.6 is 23.2 Å². The summed E-state index contributed by atoms with van der Waals surface area (Å²) in [5, 5.41) is 4.24. The number of benzene rings is 1. The van der Waals surface area contributed by atoms with Crippen LogP contribution in [0, 0.1) is 0 Å². The Balaban J connectivity index is 2.44. The maximum atomic E-state index is 11.9. The van der Waals surface area contributed by atoms with E-state index in [1.807, 2.05) is 0 Å². The molecule has 1 atom stereocenters. The average Bonchev–Trinajstić information content (AvgIpc) is 2.27. The molecule has 5 heteroatoms. The van der Waals surface area contributed by atoms with Crippen LogP contribution in [-0.4, -0.2) is 22.5 Å². The molecule has 2 nitrogen and oxygen atoms in total. The van der Waals surface area contributed by atoms with Crippen LogP contribution in [0.25, 0.3) is 0 Å². The molecule has 17 heavy (non-hydrogen) atoms. The molecule has 1 unspecified atom stereocenters. The largest absolute Gasteiger partial charge is 0.315 e. The van der Waals surface area contributed by atoms with Crippen molar-refractivity contribution in [3.05, 3.63) is 28.2 Å². The molecule has 1 aromatic carbocycles. The van der Waals surface area contributed by atoms with Gasteiger partial charge in [-0.15, -0.1) is 0 Å². The molecule has 1 N–H and O–H groups in total. The van der Waals surface area contributed by atoms with Crippen molar-refractivity contribution in [1.82, 2.24) is 5.32 Å². The monoisotopic (exact) mass is 293 g/mol. The molecule has 96 valence electrons. The maximum absolute atomic E-state index is 11.9. The third-order valence-electron chi connectivity index (χ3n) is 2.21. The highest BCUT2D eigenvalue weighted by Crippen LogP contribution is 2.24. The predicted octanol–water partition coefficient (Wildman–Crippen LogP) is 3.49. The van der Waals surface area contributed by atoms with Crippen molar-refractivity contribution >= 4 is 34.0 Å². The highest BCUT2D eigenvalue weighted by molar-refractivity contribution is 7.85. The maximum Gasteiger partial charge on any atom is 0.0604 e. The first-order chi connectivity index (χ1) is 8.00. The third-order valence-corrected chi connectivity index (χ3v) is 4.39. The molecule has 0 saturated heterocycles. The molecule has 1 rings (SSSR count). The average molecular weight is 294 g/mol. The lowest BCUT2D eigenvalue weighted by Gasteiger charge is -2.08. The van der Waals surface area contributed by atoms with Crippen LogP contribution in [0.2, 0.25) is 10.0 Å². The summed E-state index contributed by atoms with van der Waals surface area (Å²) in [6.45, 7) is 5.07. The molecule has 0 aliphatic heterocycles. The Bertz CT molecular complexity index is 396. The van der Waals surface area contributed by atoms with Gasteiger partial charge in [-0.05, 0) is 31.2 Å². The zero-order valence-electron chi connectivity index (χ0n) is 10.0. The highest BCUT2D eigenvalue weighted by Gasteiger charge is 2.06. The standard InChI is InChI=1S/C12H17Cl2NOS/c1-9(2)15-6-3-7-17(16)10-4-5-11(13)12(14)8-10/h4-5,8-9,15H,3,6-7H2,1-2H3. The van der Waals surface area contributed by atoms with E-state index >= 15 is 0 Å². The zero-order valence-corrected chi connectivity index (χ0v) is 12.3. The van der Waals surface area contributed by atoms with Crippen molar-refractivity contribution in [1.29, 1.82) is 0 Å². The lowest BCUT2D eigenvalue weighted by molar-refractivity contribution is 0.583. The first-order valence-corrected chi connectivity index (χ1v) is 7.65. The second kappa shape index (κ2) is 7.37. The summed E-state index contributed by atoms with van der Waals surface area (Å²) < 4.78 is 11.9. The molecule has 0 saturated carbocycles. The number of nitrogens with one attached hydrogen (secondary N) is 1. The Morgan fingerprint density at radius 1 is 1.29 bits per heavy atom. The fraction of sp³-hybridized carbons (Fsp3) is 0.500. The van der Waals surface area contributed by atoms with Crippen molar-refractivity contribution in [3.63, 3.8) is 0 Å². The molecule has 0 amide bonds. The van der Waals surface area contributed by atoms with E-state index in [9.17, 15) is 4.21 Å². The van der Waals surface area contributed by atoms with Gasteiger partial charge in [-0.25, -0.2) is 0 Å². The van der Waals surface area contributed by atoms with E-state index in [-0.39, 0.29) is 0 Å². The van der Waals surface area contributed by atoms with Gasteiger partial charge < -0.3 is 5.32 Å². The Morgan fingerprint density at radius 3 is 2.59 bits per heavy atom. The van der Waals surface area contributed by atoms with Gasteiger partial charge in [0.25, 0.3) is 0 Å². The fourth-order valence-corrected chi connectivity index (χ4v) is 2.80. The van der Waals surface area contributed by atoms with Gasteiger partial charge in [0.15, 0.2) is 0 Å². The topological polar surface area (TPSA) is 29.1 Å². The molecule has 0 aliphatic rings. The van der Waals surface area contributed by atoms with Crippen molar-refractivity contribution in [2.45, 2.75) is 31.2 Å². The summed E-state index contributed by atoms with van der Waals surface area (Å²) in [6.07, 6.45) is 0.880. The van der Waals surface area contributed by atoms with Gasteiger partial charge in [-0.3, -0.25) is 4.21 Å². The zero-order chi connectivity index (χ0) is 12.8. The van der Waals surface area contributed by atoms with Gasteiger partial charge >= 0.3 is 0 Å². The summed E-state index contributed by atoms with van der Waals surface area (Å²) >= 11 is 11.7. The van der Waals surface area contributed by atoms with Crippen molar-refractivity contribution in [3.8, 4) is 0 Å². The molecule has 0 radical (unpaired) electrons. The Morgan fingerprint density at radius 2 is 2.00 bits per heavy atom. The minimum Gasteiger partial charge on any atom is -0.315 e. The van der Waals surface area contributed by atoms with E-state index in [1.165, 1.54) is 0 Å². The molecule has 0 heterocycles. The number of hydrogen-bond acceptors (Lipinski definition) is 2. The van der Waals surface area contributed by atoms with E-state index < -0.39 is 10.8 Å². The van der Waals surface area contributed by atoms with E-state index in [2.05, 4.69) is 19.2 Å². The lowest BCUT2D eigenvalue weighted by Crippen LogP contribution is -2.24. The Kier molecular flexibility index (Phi) is 6.49. The normalized spacial score (nSPS) is 13.0. The van der Waals surface area contributed by atoms with Crippen LogP contribution in [0.4, 0.5) is 0 Å². The number of halogens is 2. The molecule has 1 aromatic rings. The second-order valence-electron chi connectivity index (χ2n) is 4.09. The Labute approximate surface area is 115 Å². The van der Waals surface area contributed by atoms with Crippen molar-refractivity contribution in [2.75, 3.05) is 12.3 Å². The summed E-state index contributed by atoms with van der Waals surface area (Å²) in [6, 6.07) is 5.59. The van der Waals surface area contributed by atoms with E-state index in [0.717, 1.165) is 17.9 Å².